The maximum atomic E-state index is 11.3. The Kier molecular flexibility index (Phi) is 9.04. The molecule has 0 spiro atoms. The summed E-state index contributed by atoms with van der Waals surface area (Å²) in [6.45, 7) is 0. The first kappa shape index (κ1) is 31.5. The Labute approximate surface area is 290 Å². The summed E-state index contributed by atoms with van der Waals surface area (Å²) in [5.74, 6) is 0.294. The zero-order valence-corrected chi connectivity index (χ0v) is 26.9. The molecule has 6 heteroatoms. The molecule has 0 radical (unpaired) electrons. The van der Waals surface area contributed by atoms with Crippen molar-refractivity contribution in [1.82, 2.24) is 0 Å². The fraction of sp³-hybridized carbons (Fsp3) is 0. The lowest BCUT2D eigenvalue weighted by Crippen LogP contribution is -2.09. The van der Waals surface area contributed by atoms with Gasteiger partial charge in [-0.05, 0) is 121 Å². The van der Waals surface area contributed by atoms with Gasteiger partial charge in [0.05, 0.1) is 0 Å². The molecule has 0 amide bonds. The Balaban J connectivity index is 1.13. The number of aliphatic carboxylic acids is 1. The zero-order chi connectivity index (χ0) is 34.3. The highest BCUT2D eigenvalue weighted by molar-refractivity contribution is 5.96. The molecule has 0 saturated carbocycles. The Morgan fingerprint density at radius 2 is 0.840 bits per heavy atom. The van der Waals surface area contributed by atoms with E-state index in [4.69, 9.17) is 9.68 Å². The number of anilines is 6. The number of carbonyl (C=O) groups is 1. The molecule has 240 valence electrons. The summed E-state index contributed by atoms with van der Waals surface area (Å²) in [5, 5.41) is 18.4. The van der Waals surface area contributed by atoms with Crippen LogP contribution in [0.3, 0.4) is 0 Å². The van der Waals surface area contributed by atoms with E-state index in [0.29, 0.717) is 5.56 Å². The van der Waals surface area contributed by atoms with E-state index in [1.807, 2.05) is 115 Å². The van der Waals surface area contributed by atoms with Crippen molar-refractivity contribution in [2.45, 2.75) is 0 Å². The van der Waals surface area contributed by atoms with E-state index in [2.05, 4.69) is 58.3 Å². The lowest BCUT2D eigenvalue weighted by atomic mass is 10.1. The van der Waals surface area contributed by atoms with Crippen LogP contribution in [0, 0.1) is 11.3 Å². The van der Waals surface area contributed by atoms with Gasteiger partial charge in [0.2, 0.25) is 0 Å². The predicted octanol–water partition coefficient (Wildman–Crippen LogP) is 11.5. The molecule has 6 aromatic carbocycles. The minimum absolute atomic E-state index is 0.316. The molecule has 0 aliphatic carbocycles. The Bertz CT molecular complexity index is 2230. The SMILES string of the molecule is N#CC(=Cc1ccc(N(c2ccccc2)c2ccc(-c3ccc(-c4ccc(N(c5ccccc5)c5ccccc5)cc4)o3)cc2)cc1)C(=O)O. The minimum atomic E-state index is -1.25. The smallest absolute Gasteiger partial charge is 0.346 e. The average molecular weight is 650 g/mol. The first-order valence-corrected chi connectivity index (χ1v) is 16.1. The van der Waals surface area contributed by atoms with Crippen molar-refractivity contribution in [2.75, 3.05) is 9.80 Å². The molecule has 1 heterocycles. The van der Waals surface area contributed by atoms with Crippen LogP contribution in [0.2, 0.25) is 0 Å². The van der Waals surface area contributed by atoms with Crippen LogP contribution < -0.4 is 9.80 Å². The number of hydrogen-bond donors (Lipinski definition) is 1. The van der Waals surface area contributed by atoms with E-state index in [1.54, 1.807) is 18.2 Å². The molecule has 1 aromatic heterocycles. The maximum absolute atomic E-state index is 11.3. The lowest BCUT2D eigenvalue weighted by Gasteiger charge is -2.25. The molecule has 7 aromatic rings. The van der Waals surface area contributed by atoms with E-state index >= 15 is 0 Å². The van der Waals surface area contributed by atoms with E-state index in [1.165, 1.54) is 6.08 Å². The third-order valence-corrected chi connectivity index (χ3v) is 8.28. The number of carboxylic acid groups (broad SMARTS) is 1. The van der Waals surface area contributed by atoms with Gasteiger partial charge in [0.15, 0.2) is 0 Å². The molecule has 0 aliphatic heterocycles. The summed E-state index contributed by atoms with van der Waals surface area (Å²) in [6, 6.07) is 60.4. The predicted molar refractivity (Wildman–Crippen MR) is 200 cm³/mol. The Hall–Kier alpha value is -7.10. The first-order valence-electron chi connectivity index (χ1n) is 16.1. The first-order chi connectivity index (χ1) is 24.6. The number of nitriles is 1. The second-order valence-electron chi connectivity index (χ2n) is 11.5. The van der Waals surface area contributed by atoms with Crippen molar-refractivity contribution < 1.29 is 14.3 Å². The molecular weight excluding hydrogens is 619 g/mol. The number of nitrogens with zero attached hydrogens (tertiary/aromatic N) is 3. The van der Waals surface area contributed by atoms with Gasteiger partial charge in [-0.15, -0.1) is 0 Å². The van der Waals surface area contributed by atoms with Crippen LogP contribution in [0.4, 0.5) is 34.1 Å². The van der Waals surface area contributed by atoms with Crippen molar-refractivity contribution in [2.24, 2.45) is 0 Å². The average Bonchev–Trinajstić information content (AvgIpc) is 3.67. The van der Waals surface area contributed by atoms with E-state index in [-0.39, 0.29) is 5.57 Å². The number of rotatable bonds is 10. The molecule has 0 saturated heterocycles. The number of benzene rings is 6. The molecule has 0 fully saturated rings. The summed E-state index contributed by atoms with van der Waals surface area (Å²) in [6.07, 6.45) is 1.36. The number of furan rings is 1. The van der Waals surface area contributed by atoms with Crippen LogP contribution in [-0.4, -0.2) is 11.1 Å². The maximum Gasteiger partial charge on any atom is 0.346 e. The summed E-state index contributed by atoms with van der Waals surface area (Å²) in [7, 11) is 0. The molecule has 0 atom stereocenters. The van der Waals surface area contributed by atoms with Crippen molar-refractivity contribution in [3.8, 4) is 28.7 Å². The number of carboxylic acids is 1. The summed E-state index contributed by atoms with van der Waals surface area (Å²) in [4.78, 5) is 15.6. The molecule has 6 nitrogen and oxygen atoms in total. The fourth-order valence-electron chi connectivity index (χ4n) is 5.85. The van der Waals surface area contributed by atoms with Gasteiger partial charge in [0.25, 0.3) is 0 Å². The highest BCUT2D eigenvalue weighted by Crippen LogP contribution is 2.38. The van der Waals surface area contributed by atoms with Crippen LogP contribution >= 0.6 is 0 Å². The summed E-state index contributed by atoms with van der Waals surface area (Å²) >= 11 is 0. The van der Waals surface area contributed by atoms with Crippen LogP contribution in [0.25, 0.3) is 28.7 Å². The van der Waals surface area contributed by atoms with E-state index in [9.17, 15) is 9.90 Å². The zero-order valence-electron chi connectivity index (χ0n) is 26.9. The van der Waals surface area contributed by atoms with Gasteiger partial charge in [0.1, 0.15) is 23.2 Å². The Morgan fingerprint density at radius 3 is 1.18 bits per heavy atom. The van der Waals surface area contributed by atoms with Crippen LogP contribution in [0.15, 0.2) is 186 Å². The molecule has 50 heavy (non-hydrogen) atoms. The lowest BCUT2D eigenvalue weighted by molar-refractivity contribution is -0.132. The van der Waals surface area contributed by atoms with Gasteiger partial charge in [-0.2, -0.15) is 5.26 Å². The third-order valence-electron chi connectivity index (χ3n) is 8.28. The third kappa shape index (κ3) is 6.79. The monoisotopic (exact) mass is 649 g/mol. The quantitative estimate of drug-likeness (QED) is 0.117. The van der Waals surface area contributed by atoms with Crippen LogP contribution in [0.1, 0.15) is 5.56 Å². The van der Waals surface area contributed by atoms with E-state index in [0.717, 1.165) is 56.8 Å². The molecular formula is C44H31N3O3. The second-order valence-corrected chi connectivity index (χ2v) is 11.5. The topological polar surface area (TPSA) is 80.7 Å². The summed E-state index contributed by atoms with van der Waals surface area (Å²) < 4.78 is 6.37. The van der Waals surface area contributed by atoms with Gasteiger partial charge in [-0.25, -0.2) is 4.79 Å². The molecule has 0 bridgehead atoms. The second kappa shape index (κ2) is 14.3. The fourth-order valence-corrected chi connectivity index (χ4v) is 5.85. The van der Waals surface area contributed by atoms with Crippen molar-refractivity contribution in [3.63, 3.8) is 0 Å². The molecule has 1 N–H and O–H groups in total. The van der Waals surface area contributed by atoms with E-state index < -0.39 is 5.97 Å². The molecule has 7 rings (SSSR count). The highest BCUT2D eigenvalue weighted by atomic mass is 16.4. The van der Waals surface area contributed by atoms with Crippen molar-refractivity contribution in [1.29, 1.82) is 5.26 Å². The van der Waals surface area contributed by atoms with Gasteiger partial charge in [-0.3, -0.25) is 0 Å². The minimum Gasteiger partial charge on any atom is -0.477 e. The van der Waals surface area contributed by atoms with Crippen LogP contribution in [-0.2, 0) is 4.79 Å². The van der Waals surface area contributed by atoms with Gasteiger partial charge >= 0.3 is 5.97 Å². The highest BCUT2D eigenvalue weighted by Gasteiger charge is 2.16. The van der Waals surface area contributed by atoms with Crippen molar-refractivity contribution >= 4 is 46.2 Å². The molecule has 0 aliphatic rings. The van der Waals surface area contributed by atoms with Crippen molar-refractivity contribution in [3.05, 3.63) is 187 Å². The summed E-state index contributed by atoms with van der Waals surface area (Å²) in [5.41, 5.74) is 8.25. The van der Waals surface area contributed by atoms with Gasteiger partial charge in [-0.1, -0.05) is 66.7 Å². The van der Waals surface area contributed by atoms with Gasteiger partial charge < -0.3 is 19.3 Å². The molecule has 0 unspecified atom stereocenters. The van der Waals surface area contributed by atoms with Crippen LogP contribution in [0.5, 0.6) is 0 Å². The number of para-hydroxylation sites is 3. The largest absolute Gasteiger partial charge is 0.477 e. The standard InChI is InChI=1S/C44H31N3O3/c45-31-35(44(48)49)30-32-16-22-39(23-17-32)47(38-14-8-3-9-15-38)41-26-20-34(21-27-41)43-29-28-42(50-43)33-18-24-40(25-19-33)46(36-10-4-1-5-11-36)37-12-6-2-7-13-37/h1-30H,(H,48,49). The van der Waals surface area contributed by atoms with Gasteiger partial charge in [0, 0.05) is 45.3 Å². The Morgan fingerprint density at radius 1 is 0.500 bits per heavy atom. The normalized spacial score (nSPS) is 11.1. The number of hydrogen-bond acceptors (Lipinski definition) is 5.